The number of morpholine rings is 1. The van der Waals surface area contributed by atoms with Crippen molar-refractivity contribution in [3.63, 3.8) is 0 Å². The predicted octanol–water partition coefficient (Wildman–Crippen LogP) is 2.13. The Hall–Kier alpha value is -2.39. The van der Waals surface area contributed by atoms with Crippen LogP contribution in [-0.2, 0) is 14.8 Å². The summed E-state index contributed by atoms with van der Waals surface area (Å²) >= 11 is 0. The fraction of sp³-hybridized carbons (Fsp3) is 0.412. The van der Waals surface area contributed by atoms with Crippen LogP contribution < -0.4 is 14.9 Å². The molecule has 1 aromatic heterocycles. The number of hydrogen-bond acceptors (Lipinski definition) is 7. The van der Waals surface area contributed by atoms with Gasteiger partial charge in [0.15, 0.2) is 0 Å². The molecule has 9 heteroatoms. The van der Waals surface area contributed by atoms with E-state index in [4.69, 9.17) is 4.74 Å². The largest absolute Gasteiger partial charge is 0.378 e. The SMILES string of the molecule is CCS(=O)(=O)Nc1ccc(Nc2nc(C)cc(N3CCOCC3)n2)cc1. The Labute approximate surface area is 153 Å². The van der Waals surface area contributed by atoms with Crippen LogP contribution in [0, 0.1) is 6.92 Å². The van der Waals surface area contributed by atoms with E-state index >= 15 is 0 Å². The van der Waals surface area contributed by atoms with Gasteiger partial charge in [-0.05, 0) is 38.1 Å². The van der Waals surface area contributed by atoms with Crippen LogP contribution in [0.2, 0.25) is 0 Å². The van der Waals surface area contributed by atoms with Crippen molar-refractivity contribution in [1.82, 2.24) is 9.97 Å². The minimum Gasteiger partial charge on any atom is -0.378 e. The van der Waals surface area contributed by atoms with Gasteiger partial charge in [-0.25, -0.2) is 13.4 Å². The standard InChI is InChI=1S/C17H23N5O3S/c1-3-26(23,24)21-15-6-4-14(5-7-15)19-17-18-13(2)12-16(20-17)22-8-10-25-11-9-22/h4-7,12,21H,3,8-11H2,1-2H3,(H,18,19,20). The van der Waals surface area contributed by atoms with E-state index in [2.05, 4.69) is 24.9 Å². The van der Waals surface area contributed by atoms with Crippen molar-refractivity contribution >= 4 is 33.2 Å². The summed E-state index contributed by atoms with van der Waals surface area (Å²) in [6.45, 7) is 6.53. The molecule has 0 amide bonds. The molecule has 1 aromatic carbocycles. The number of benzene rings is 1. The zero-order valence-electron chi connectivity index (χ0n) is 14.9. The Kier molecular flexibility index (Phi) is 5.58. The normalized spacial score (nSPS) is 14.9. The zero-order chi connectivity index (χ0) is 18.6. The summed E-state index contributed by atoms with van der Waals surface area (Å²) in [5.41, 5.74) is 2.18. The van der Waals surface area contributed by atoms with Crippen molar-refractivity contribution in [3.05, 3.63) is 36.0 Å². The Balaban J connectivity index is 1.73. The molecule has 2 N–H and O–H groups in total. The molecule has 1 aliphatic rings. The number of nitrogens with one attached hydrogen (secondary N) is 2. The number of aryl methyl sites for hydroxylation is 1. The molecule has 3 rings (SSSR count). The van der Waals surface area contributed by atoms with E-state index in [-0.39, 0.29) is 5.75 Å². The Bertz CT molecular complexity index is 849. The second-order valence-electron chi connectivity index (χ2n) is 6.00. The molecule has 0 aliphatic carbocycles. The van der Waals surface area contributed by atoms with Crippen LogP contribution in [-0.4, -0.2) is 50.4 Å². The molecule has 140 valence electrons. The van der Waals surface area contributed by atoms with E-state index in [1.807, 2.05) is 13.0 Å². The molecule has 2 aromatic rings. The second kappa shape index (κ2) is 7.88. The molecular formula is C17H23N5O3S. The quantitative estimate of drug-likeness (QED) is 0.796. The van der Waals surface area contributed by atoms with Crippen LogP contribution in [0.25, 0.3) is 0 Å². The van der Waals surface area contributed by atoms with Gasteiger partial charge in [0.2, 0.25) is 16.0 Å². The minimum atomic E-state index is -3.28. The second-order valence-corrected chi connectivity index (χ2v) is 8.01. The number of anilines is 4. The van der Waals surface area contributed by atoms with Crippen LogP contribution >= 0.6 is 0 Å². The first-order valence-electron chi connectivity index (χ1n) is 8.51. The van der Waals surface area contributed by atoms with Gasteiger partial charge in [-0.15, -0.1) is 0 Å². The number of sulfonamides is 1. The summed E-state index contributed by atoms with van der Waals surface area (Å²) in [6.07, 6.45) is 0. The van der Waals surface area contributed by atoms with Crippen LogP contribution in [0.3, 0.4) is 0 Å². The lowest BCUT2D eigenvalue weighted by atomic mass is 10.3. The average molecular weight is 377 g/mol. The van der Waals surface area contributed by atoms with Gasteiger partial charge in [0.1, 0.15) is 5.82 Å². The number of hydrogen-bond donors (Lipinski definition) is 2. The summed E-state index contributed by atoms with van der Waals surface area (Å²) in [5.74, 6) is 1.41. The molecule has 1 fully saturated rings. The molecule has 0 unspecified atom stereocenters. The van der Waals surface area contributed by atoms with Gasteiger partial charge in [0.05, 0.1) is 19.0 Å². The average Bonchev–Trinajstić information content (AvgIpc) is 2.63. The molecule has 0 spiro atoms. The van der Waals surface area contributed by atoms with Gasteiger partial charge < -0.3 is 15.0 Å². The van der Waals surface area contributed by atoms with Gasteiger partial charge in [0.25, 0.3) is 0 Å². The third kappa shape index (κ3) is 4.83. The van der Waals surface area contributed by atoms with E-state index in [0.29, 0.717) is 24.8 Å². The summed E-state index contributed by atoms with van der Waals surface area (Å²) in [6, 6.07) is 8.93. The lowest BCUT2D eigenvalue weighted by molar-refractivity contribution is 0.122. The van der Waals surface area contributed by atoms with E-state index in [0.717, 1.165) is 30.3 Å². The first kappa shape index (κ1) is 18.4. The summed E-state index contributed by atoms with van der Waals surface area (Å²) in [5, 5.41) is 3.17. The van der Waals surface area contributed by atoms with Crippen LogP contribution in [0.4, 0.5) is 23.1 Å². The highest BCUT2D eigenvalue weighted by molar-refractivity contribution is 7.92. The van der Waals surface area contributed by atoms with Crippen LogP contribution in [0.5, 0.6) is 0 Å². The number of rotatable bonds is 6. The molecule has 26 heavy (non-hydrogen) atoms. The third-order valence-corrected chi connectivity index (χ3v) is 5.28. The Morgan fingerprint density at radius 1 is 1.12 bits per heavy atom. The Morgan fingerprint density at radius 2 is 1.77 bits per heavy atom. The van der Waals surface area contributed by atoms with E-state index in [1.165, 1.54) is 0 Å². The fourth-order valence-electron chi connectivity index (χ4n) is 2.56. The van der Waals surface area contributed by atoms with Crippen molar-refractivity contribution in [2.24, 2.45) is 0 Å². The molecule has 0 radical (unpaired) electrons. The number of aromatic nitrogens is 2. The van der Waals surface area contributed by atoms with Gasteiger partial charge >= 0.3 is 0 Å². The van der Waals surface area contributed by atoms with Crippen LogP contribution in [0.15, 0.2) is 30.3 Å². The molecule has 8 nitrogen and oxygen atoms in total. The molecule has 2 heterocycles. The monoisotopic (exact) mass is 377 g/mol. The minimum absolute atomic E-state index is 0.0362. The Morgan fingerprint density at radius 3 is 2.42 bits per heavy atom. The van der Waals surface area contributed by atoms with Crippen molar-refractivity contribution in [3.8, 4) is 0 Å². The fourth-order valence-corrected chi connectivity index (χ4v) is 3.20. The predicted molar refractivity (Wildman–Crippen MR) is 103 cm³/mol. The van der Waals surface area contributed by atoms with Gasteiger partial charge in [0, 0.05) is 36.2 Å². The summed E-state index contributed by atoms with van der Waals surface area (Å²) in [7, 11) is -3.28. The van der Waals surface area contributed by atoms with E-state index < -0.39 is 10.0 Å². The molecular weight excluding hydrogens is 354 g/mol. The number of nitrogens with zero attached hydrogens (tertiary/aromatic N) is 3. The van der Waals surface area contributed by atoms with Crippen molar-refractivity contribution in [2.45, 2.75) is 13.8 Å². The first-order valence-corrected chi connectivity index (χ1v) is 10.2. The van der Waals surface area contributed by atoms with Gasteiger partial charge in [-0.1, -0.05) is 0 Å². The molecule has 1 saturated heterocycles. The smallest absolute Gasteiger partial charge is 0.232 e. The topological polar surface area (TPSA) is 96.5 Å². The van der Waals surface area contributed by atoms with Crippen molar-refractivity contribution in [1.29, 1.82) is 0 Å². The lowest BCUT2D eigenvalue weighted by Crippen LogP contribution is -2.36. The molecule has 1 aliphatic heterocycles. The molecule has 0 saturated carbocycles. The summed E-state index contributed by atoms with van der Waals surface area (Å²) in [4.78, 5) is 11.2. The summed E-state index contributed by atoms with van der Waals surface area (Å²) < 4.78 is 31.1. The zero-order valence-corrected chi connectivity index (χ0v) is 15.7. The number of ether oxygens (including phenoxy) is 1. The van der Waals surface area contributed by atoms with Gasteiger partial charge in [-0.3, -0.25) is 4.72 Å². The maximum atomic E-state index is 11.6. The third-order valence-electron chi connectivity index (χ3n) is 3.97. The van der Waals surface area contributed by atoms with E-state index in [9.17, 15) is 8.42 Å². The molecule has 0 atom stereocenters. The maximum Gasteiger partial charge on any atom is 0.232 e. The van der Waals surface area contributed by atoms with Crippen molar-refractivity contribution < 1.29 is 13.2 Å². The lowest BCUT2D eigenvalue weighted by Gasteiger charge is -2.28. The maximum absolute atomic E-state index is 11.6. The van der Waals surface area contributed by atoms with Crippen LogP contribution in [0.1, 0.15) is 12.6 Å². The molecule has 0 bridgehead atoms. The van der Waals surface area contributed by atoms with Gasteiger partial charge in [-0.2, -0.15) is 4.98 Å². The van der Waals surface area contributed by atoms with E-state index in [1.54, 1.807) is 31.2 Å². The first-order chi connectivity index (χ1) is 12.4. The van der Waals surface area contributed by atoms with Crippen molar-refractivity contribution in [2.75, 3.05) is 47.0 Å². The highest BCUT2D eigenvalue weighted by Gasteiger charge is 2.14. The highest BCUT2D eigenvalue weighted by Crippen LogP contribution is 2.21. The highest BCUT2D eigenvalue weighted by atomic mass is 32.2.